The van der Waals surface area contributed by atoms with Gasteiger partial charge in [0.1, 0.15) is 0 Å². The van der Waals surface area contributed by atoms with E-state index in [-0.39, 0.29) is 5.91 Å². The van der Waals surface area contributed by atoms with Gasteiger partial charge in [0.05, 0.1) is 12.7 Å². The second-order valence-corrected chi connectivity index (χ2v) is 4.14. The third kappa shape index (κ3) is 3.43. The lowest BCUT2D eigenvalue weighted by Gasteiger charge is -2.03. The second-order valence-electron chi connectivity index (χ2n) is 4.14. The van der Waals surface area contributed by atoms with Gasteiger partial charge in [-0.25, -0.2) is 10.8 Å². The molecule has 1 aromatic carbocycles. The summed E-state index contributed by atoms with van der Waals surface area (Å²) in [5.74, 6) is 4.86. The van der Waals surface area contributed by atoms with E-state index >= 15 is 0 Å². The summed E-state index contributed by atoms with van der Waals surface area (Å²) in [5.41, 5.74) is 5.45. The first-order chi connectivity index (χ1) is 8.78. The molecule has 1 amide bonds. The standard InChI is InChI=1S/C13H16N4O/c14-17-13(18)7-11-3-1-10(2-4-11)5-6-12-8-15-9-16-12/h1-4,8-9H,5-7,14H2,(H,15,16)(H,17,18). The number of hydrazine groups is 1. The fraction of sp³-hybridized carbons (Fsp3) is 0.231. The minimum Gasteiger partial charge on any atom is -0.348 e. The number of hydrogen-bond donors (Lipinski definition) is 3. The molecular formula is C13H16N4O. The summed E-state index contributed by atoms with van der Waals surface area (Å²) in [6.07, 6.45) is 5.72. The fourth-order valence-electron chi connectivity index (χ4n) is 1.76. The molecule has 2 rings (SSSR count). The number of nitrogens with zero attached hydrogens (tertiary/aromatic N) is 1. The van der Waals surface area contributed by atoms with E-state index in [9.17, 15) is 4.79 Å². The van der Waals surface area contributed by atoms with Gasteiger partial charge in [-0.3, -0.25) is 10.2 Å². The Morgan fingerprint density at radius 2 is 1.94 bits per heavy atom. The predicted octanol–water partition coefficient (Wildman–Crippen LogP) is 0.727. The monoisotopic (exact) mass is 244 g/mol. The van der Waals surface area contributed by atoms with Crippen molar-refractivity contribution in [3.8, 4) is 0 Å². The summed E-state index contributed by atoms with van der Waals surface area (Å²) in [5, 5.41) is 0. The quantitative estimate of drug-likeness (QED) is 0.412. The molecule has 0 saturated carbocycles. The number of nitrogens with one attached hydrogen (secondary N) is 2. The molecule has 2 aromatic rings. The smallest absolute Gasteiger partial charge is 0.238 e. The van der Waals surface area contributed by atoms with Crippen molar-refractivity contribution in [2.45, 2.75) is 19.3 Å². The van der Waals surface area contributed by atoms with Crippen molar-refractivity contribution in [1.82, 2.24) is 15.4 Å². The average molecular weight is 244 g/mol. The molecule has 5 heteroatoms. The van der Waals surface area contributed by atoms with E-state index in [1.54, 1.807) is 6.33 Å². The summed E-state index contributed by atoms with van der Waals surface area (Å²) in [6.45, 7) is 0. The molecule has 5 nitrogen and oxygen atoms in total. The zero-order valence-corrected chi connectivity index (χ0v) is 10.0. The van der Waals surface area contributed by atoms with Crippen LogP contribution >= 0.6 is 0 Å². The van der Waals surface area contributed by atoms with E-state index in [0.29, 0.717) is 6.42 Å². The zero-order chi connectivity index (χ0) is 12.8. The van der Waals surface area contributed by atoms with Crippen LogP contribution in [0.3, 0.4) is 0 Å². The maximum absolute atomic E-state index is 11.1. The summed E-state index contributed by atoms with van der Waals surface area (Å²) < 4.78 is 0. The minimum atomic E-state index is -0.180. The molecule has 0 saturated heterocycles. The number of H-pyrrole nitrogens is 1. The van der Waals surface area contributed by atoms with Gasteiger partial charge in [-0.15, -0.1) is 0 Å². The van der Waals surface area contributed by atoms with Crippen molar-refractivity contribution >= 4 is 5.91 Å². The molecule has 0 fully saturated rings. The molecule has 0 aliphatic heterocycles. The molecule has 0 aliphatic carbocycles. The number of carbonyl (C=O) groups is 1. The van der Waals surface area contributed by atoms with Crippen molar-refractivity contribution in [2.24, 2.45) is 5.84 Å². The topological polar surface area (TPSA) is 83.8 Å². The highest BCUT2D eigenvalue weighted by atomic mass is 16.2. The lowest BCUT2D eigenvalue weighted by molar-refractivity contribution is -0.120. The molecule has 4 N–H and O–H groups in total. The Balaban J connectivity index is 1.89. The minimum absolute atomic E-state index is 0.180. The fourth-order valence-corrected chi connectivity index (χ4v) is 1.76. The highest BCUT2D eigenvalue weighted by Crippen LogP contribution is 2.08. The van der Waals surface area contributed by atoms with Crippen LogP contribution < -0.4 is 11.3 Å². The van der Waals surface area contributed by atoms with Crippen LogP contribution in [-0.2, 0) is 24.1 Å². The van der Waals surface area contributed by atoms with Crippen molar-refractivity contribution in [1.29, 1.82) is 0 Å². The van der Waals surface area contributed by atoms with Gasteiger partial charge in [0.2, 0.25) is 5.91 Å². The number of rotatable bonds is 5. The number of aromatic nitrogens is 2. The van der Waals surface area contributed by atoms with Crippen LogP contribution in [0.5, 0.6) is 0 Å². The SMILES string of the molecule is NNC(=O)Cc1ccc(CCc2cnc[nH]2)cc1. The molecule has 94 valence electrons. The highest BCUT2D eigenvalue weighted by molar-refractivity contribution is 5.77. The number of hydrogen-bond acceptors (Lipinski definition) is 3. The Bertz CT molecular complexity index is 490. The predicted molar refractivity (Wildman–Crippen MR) is 68.5 cm³/mol. The summed E-state index contributed by atoms with van der Waals surface area (Å²) in [6, 6.07) is 7.99. The van der Waals surface area contributed by atoms with E-state index in [1.807, 2.05) is 30.5 Å². The summed E-state index contributed by atoms with van der Waals surface area (Å²) >= 11 is 0. The van der Waals surface area contributed by atoms with Crippen LogP contribution in [0.2, 0.25) is 0 Å². The van der Waals surface area contributed by atoms with Crippen LogP contribution in [0.25, 0.3) is 0 Å². The third-order valence-electron chi connectivity index (χ3n) is 2.79. The molecule has 0 aliphatic rings. The van der Waals surface area contributed by atoms with Gasteiger partial charge >= 0.3 is 0 Å². The molecule has 1 aromatic heterocycles. The van der Waals surface area contributed by atoms with Crippen LogP contribution in [0.4, 0.5) is 0 Å². The molecule has 18 heavy (non-hydrogen) atoms. The van der Waals surface area contributed by atoms with Crippen molar-refractivity contribution in [2.75, 3.05) is 0 Å². The first-order valence-corrected chi connectivity index (χ1v) is 5.82. The van der Waals surface area contributed by atoms with Crippen LogP contribution in [0.1, 0.15) is 16.8 Å². The molecule has 0 spiro atoms. The third-order valence-corrected chi connectivity index (χ3v) is 2.79. The van der Waals surface area contributed by atoms with E-state index in [1.165, 1.54) is 5.56 Å². The van der Waals surface area contributed by atoms with Gasteiger partial charge in [0, 0.05) is 11.9 Å². The molecular weight excluding hydrogens is 228 g/mol. The number of carbonyl (C=O) groups excluding carboxylic acids is 1. The van der Waals surface area contributed by atoms with Crippen LogP contribution in [0, 0.1) is 0 Å². The van der Waals surface area contributed by atoms with Crippen LogP contribution in [0.15, 0.2) is 36.8 Å². The molecule has 0 unspecified atom stereocenters. The number of nitrogens with two attached hydrogens (primary N) is 1. The average Bonchev–Trinajstić information content (AvgIpc) is 2.91. The van der Waals surface area contributed by atoms with E-state index in [0.717, 1.165) is 24.1 Å². The molecule has 0 radical (unpaired) electrons. The van der Waals surface area contributed by atoms with Gasteiger partial charge < -0.3 is 4.98 Å². The first-order valence-electron chi connectivity index (χ1n) is 5.82. The lowest BCUT2D eigenvalue weighted by Crippen LogP contribution is -2.31. The number of aromatic amines is 1. The largest absolute Gasteiger partial charge is 0.348 e. The Hall–Kier alpha value is -2.14. The first kappa shape index (κ1) is 12.3. The highest BCUT2D eigenvalue weighted by Gasteiger charge is 2.01. The van der Waals surface area contributed by atoms with E-state index < -0.39 is 0 Å². The number of imidazole rings is 1. The van der Waals surface area contributed by atoms with Crippen molar-refractivity contribution < 1.29 is 4.79 Å². The van der Waals surface area contributed by atoms with Gasteiger partial charge in [0.15, 0.2) is 0 Å². The van der Waals surface area contributed by atoms with Gasteiger partial charge in [-0.2, -0.15) is 0 Å². The summed E-state index contributed by atoms with van der Waals surface area (Å²) in [7, 11) is 0. The van der Waals surface area contributed by atoms with Gasteiger partial charge in [0.25, 0.3) is 0 Å². The van der Waals surface area contributed by atoms with Crippen molar-refractivity contribution in [3.05, 3.63) is 53.6 Å². The zero-order valence-electron chi connectivity index (χ0n) is 10.0. The second kappa shape index (κ2) is 5.97. The van der Waals surface area contributed by atoms with Crippen molar-refractivity contribution in [3.63, 3.8) is 0 Å². The molecule has 0 bridgehead atoms. The Kier molecular flexibility index (Phi) is 4.09. The normalized spacial score (nSPS) is 10.3. The molecule has 0 atom stereocenters. The molecule has 1 heterocycles. The van der Waals surface area contributed by atoms with Gasteiger partial charge in [-0.05, 0) is 24.0 Å². The summed E-state index contributed by atoms with van der Waals surface area (Å²) in [4.78, 5) is 18.2. The Labute approximate surface area is 105 Å². The van der Waals surface area contributed by atoms with E-state index in [4.69, 9.17) is 5.84 Å². The lowest BCUT2D eigenvalue weighted by atomic mass is 10.0. The van der Waals surface area contributed by atoms with E-state index in [2.05, 4.69) is 15.4 Å². The maximum Gasteiger partial charge on any atom is 0.238 e. The number of aryl methyl sites for hydroxylation is 2. The number of amides is 1. The number of benzene rings is 1. The Morgan fingerprint density at radius 1 is 1.22 bits per heavy atom. The van der Waals surface area contributed by atoms with Crippen LogP contribution in [-0.4, -0.2) is 15.9 Å². The van der Waals surface area contributed by atoms with Gasteiger partial charge in [-0.1, -0.05) is 24.3 Å². The maximum atomic E-state index is 11.1. The Morgan fingerprint density at radius 3 is 2.56 bits per heavy atom.